The Hall–Kier alpha value is -2.15. The molecule has 0 unspecified atom stereocenters. The Kier molecular flexibility index (Phi) is 9.08. The zero-order valence-electron chi connectivity index (χ0n) is 18.3. The quantitative estimate of drug-likeness (QED) is 0.450. The molecule has 0 saturated heterocycles. The summed E-state index contributed by atoms with van der Waals surface area (Å²) in [6.07, 6.45) is 6.75. The highest BCUT2D eigenvalue weighted by atomic mass is 16.5. The van der Waals surface area contributed by atoms with Crippen LogP contribution in [-0.2, 0) is 28.6 Å². The van der Waals surface area contributed by atoms with Crippen LogP contribution in [0.5, 0.6) is 0 Å². The first-order chi connectivity index (χ1) is 14.3. The number of aliphatic hydroxyl groups excluding tert-OH is 1. The van der Waals surface area contributed by atoms with Gasteiger partial charge in [0, 0.05) is 11.8 Å². The molecule has 0 heterocycles. The van der Waals surface area contributed by atoms with Gasteiger partial charge in [-0.25, -0.2) is 0 Å². The van der Waals surface area contributed by atoms with Crippen molar-refractivity contribution in [3.05, 3.63) is 23.8 Å². The Morgan fingerprint density at radius 3 is 2.60 bits per heavy atom. The van der Waals surface area contributed by atoms with Crippen LogP contribution in [0.3, 0.4) is 0 Å². The van der Waals surface area contributed by atoms with Crippen molar-refractivity contribution >= 4 is 17.9 Å². The number of carbonyl (C=O) groups excluding carboxylic acids is 3. The number of hydrogen-bond acceptors (Lipinski definition) is 7. The van der Waals surface area contributed by atoms with Crippen LogP contribution in [0.2, 0.25) is 0 Å². The smallest absolute Gasteiger partial charge is 0.308 e. The number of aliphatic hydroxyl groups is 1. The van der Waals surface area contributed by atoms with E-state index in [9.17, 15) is 19.5 Å². The zero-order chi connectivity index (χ0) is 22.3. The maximum atomic E-state index is 12.4. The number of fused-ring (bicyclic) bond motifs is 1. The predicted octanol–water partition coefficient (Wildman–Crippen LogP) is 2.96. The highest BCUT2D eigenvalue weighted by Crippen LogP contribution is 2.41. The van der Waals surface area contributed by atoms with E-state index in [1.807, 2.05) is 13.8 Å². The Morgan fingerprint density at radius 2 is 1.93 bits per heavy atom. The number of carbonyl (C=O) groups is 3. The van der Waals surface area contributed by atoms with E-state index >= 15 is 0 Å². The molecule has 1 N–H and O–H groups in total. The van der Waals surface area contributed by atoms with Crippen molar-refractivity contribution in [3.63, 3.8) is 0 Å². The van der Waals surface area contributed by atoms with Crippen LogP contribution < -0.4 is 0 Å². The highest BCUT2D eigenvalue weighted by molar-refractivity contribution is 5.73. The lowest BCUT2D eigenvalue weighted by molar-refractivity contribution is -0.160. The number of hydrogen-bond donors (Lipinski definition) is 1. The second-order valence-corrected chi connectivity index (χ2v) is 8.30. The van der Waals surface area contributed by atoms with Crippen molar-refractivity contribution in [1.82, 2.24) is 0 Å². The molecule has 6 atom stereocenters. The van der Waals surface area contributed by atoms with Gasteiger partial charge in [0.1, 0.15) is 6.10 Å². The highest BCUT2D eigenvalue weighted by Gasteiger charge is 2.41. The van der Waals surface area contributed by atoms with Gasteiger partial charge in [0.2, 0.25) is 0 Å². The van der Waals surface area contributed by atoms with E-state index in [0.29, 0.717) is 0 Å². The van der Waals surface area contributed by atoms with E-state index in [1.165, 1.54) is 7.11 Å². The number of ether oxygens (including phenoxy) is 3. The fourth-order valence-electron chi connectivity index (χ4n) is 3.99. The van der Waals surface area contributed by atoms with Crippen molar-refractivity contribution in [2.75, 3.05) is 13.7 Å². The van der Waals surface area contributed by atoms with Gasteiger partial charge < -0.3 is 19.3 Å². The number of esters is 3. The third kappa shape index (κ3) is 6.42. The summed E-state index contributed by atoms with van der Waals surface area (Å²) in [5.41, 5.74) is 1.12. The van der Waals surface area contributed by atoms with E-state index in [0.717, 1.165) is 24.8 Å². The Labute approximate surface area is 178 Å². The molecule has 2 aliphatic carbocycles. The second kappa shape index (κ2) is 11.3. The van der Waals surface area contributed by atoms with Crippen molar-refractivity contribution in [2.24, 2.45) is 23.7 Å². The maximum Gasteiger partial charge on any atom is 0.308 e. The van der Waals surface area contributed by atoms with Crippen LogP contribution in [0.1, 0.15) is 52.9 Å². The van der Waals surface area contributed by atoms with Gasteiger partial charge in [-0.3, -0.25) is 14.4 Å². The lowest BCUT2D eigenvalue weighted by Crippen LogP contribution is -2.42. The molecule has 2 rings (SSSR count). The molecule has 0 aliphatic heterocycles. The van der Waals surface area contributed by atoms with E-state index in [-0.39, 0.29) is 55.2 Å². The SMILES string of the molecule is CC[C@H](C)C(=O)O[C@H]1CCC=C2C=C[C@H](C)[C@H](COC(=O)C[C@@H](O)CC(=O)OC)[C@H]21. The monoisotopic (exact) mass is 422 g/mol. The first kappa shape index (κ1) is 24.1. The molecule has 0 bridgehead atoms. The Balaban J connectivity index is 2.02. The van der Waals surface area contributed by atoms with Crippen LogP contribution in [0, 0.1) is 23.7 Å². The standard InChI is InChI=1S/C23H34O7/c1-5-14(2)23(27)30-19-8-6-7-16-10-9-15(3)18(22(16)19)13-29-21(26)12-17(24)11-20(25)28-4/h7,9-10,14-15,17-19,22,24H,5-6,8,11-13H2,1-4H3/t14-,15-,17-,18-,19-,22-/m0/s1. The molecule has 0 saturated carbocycles. The van der Waals surface area contributed by atoms with E-state index < -0.39 is 18.0 Å². The van der Waals surface area contributed by atoms with Crippen LogP contribution in [0.4, 0.5) is 0 Å². The maximum absolute atomic E-state index is 12.4. The average molecular weight is 423 g/mol. The topological polar surface area (TPSA) is 99.1 Å². The number of allylic oxidation sites excluding steroid dienone is 3. The third-order valence-electron chi connectivity index (χ3n) is 6.10. The molecule has 0 radical (unpaired) electrons. The summed E-state index contributed by atoms with van der Waals surface area (Å²) < 4.78 is 15.8. The van der Waals surface area contributed by atoms with Crippen molar-refractivity contribution in [2.45, 2.75) is 65.1 Å². The summed E-state index contributed by atoms with van der Waals surface area (Å²) in [5.74, 6) is -1.40. The van der Waals surface area contributed by atoms with Crippen molar-refractivity contribution in [3.8, 4) is 0 Å². The van der Waals surface area contributed by atoms with Gasteiger partial charge in [0.05, 0.1) is 38.6 Å². The first-order valence-corrected chi connectivity index (χ1v) is 10.8. The van der Waals surface area contributed by atoms with Gasteiger partial charge >= 0.3 is 17.9 Å². The predicted molar refractivity (Wildman–Crippen MR) is 110 cm³/mol. The Morgan fingerprint density at radius 1 is 1.23 bits per heavy atom. The molecule has 0 fully saturated rings. The molecule has 0 spiro atoms. The molecule has 2 aliphatic rings. The first-order valence-electron chi connectivity index (χ1n) is 10.8. The van der Waals surface area contributed by atoms with Crippen LogP contribution in [0.15, 0.2) is 23.8 Å². The molecule has 0 aromatic heterocycles. The van der Waals surface area contributed by atoms with Crippen molar-refractivity contribution < 1.29 is 33.7 Å². The summed E-state index contributed by atoms with van der Waals surface area (Å²) >= 11 is 0. The third-order valence-corrected chi connectivity index (χ3v) is 6.10. The second-order valence-electron chi connectivity index (χ2n) is 8.30. The normalized spacial score (nSPS) is 27.3. The summed E-state index contributed by atoms with van der Waals surface area (Å²) in [6.45, 7) is 6.04. The number of methoxy groups -OCH3 is 1. The Bertz CT molecular complexity index is 681. The minimum Gasteiger partial charge on any atom is -0.469 e. The van der Waals surface area contributed by atoms with Gasteiger partial charge in [-0.05, 0) is 30.8 Å². The summed E-state index contributed by atoms with van der Waals surface area (Å²) in [6, 6.07) is 0. The largest absolute Gasteiger partial charge is 0.469 e. The van der Waals surface area contributed by atoms with Crippen LogP contribution in [-0.4, -0.2) is 48.9 Å². The molecule has 7 heteroatoms. The summed E-state index contributed by atoms with van der Waals surface area (Å²) in [4.78, 5) is 35.8. The van der Waals surface area contributed by atoms with Crippen LogP contribution in [0.25, 0.3) is 0 Å². The molecule has 0 amide bonds. The number of rotatable bonds is 9. The average Bonchev–Trinajstić information content (AvgIpc) is 2.72. The molecular formula is C23H34O7. The molecule has 30 heavy (non-hydrogen) atoms. The van der Waals surface area contributed by atoms with Crippen LogP contribution >= 0.6 is 0 Å². The van der Waals surface area contributed by atoms with Gasteiger partial charge in [-0.2, -0.15) is 0 Å². The minimum absolute atomic E-state index is 0.0282. The van der Waals surface area contributed by atoms with Crippen molar-refractivity contribution in [1.29, 1.82) is 0 Å². The molecule has 168 valence electrons. The van der Waals surface area contributed by atoms with E-state index in [4.69, 9.17) is 9.47 Å². The van der Waals surface area contributed by atoms with Gasteiger partial charge in [0.25, 0.3) is 0 Å². The summed E-state index contributed by atoms with van der Waals surface area (Å²) in [7, 11) is 1.23. The van der Waals surface area contributed by atoms with Gasteiger partial charge in [0.15, 0.2) is 0 Å². The van der Waals surface area contributed by atoms with Gasteiger partial charge in [-0.15, -0.1) is 0 Å². The lowest BCUT2D eigenvalue weighted by Gasteiger charge is -2.41. The fraction of sp³-hybridized carbons (Fsp3) is 0.696. The fourth-order valence-corrected chi connectivity index (χ4v) is 3.99. The van der Waals surface area contributed by atoms with E-state index in [1.54, 1.807) is 0 Å². The minimum atomic E-state index is -1.14. The molecule has 0 aromatic rings. The molecule has 7 nitrogen and oxygen atoms in total. The lowest BCUT2D eigenvalue weighted by atomic mass is 9.68. The van der Waals surface area contributed by atoms with Gasteiger partial charge in [-0.1, -0.05) is 39.0 Å². The molecule has 0 aromatic carbocycles. The van der Waals surface area contributed by atoms with E-state index in [2.05, 4.69) is 29.9 Å². The summed E-state index contributed by atoms with van der Waals surface area (Å²) in [5, 5.41) is 9.83. The molecular weight excluding hydrogens is 388 g/mol. The zero-order valence-corrected chi connectivity index (χ0v) is 18.3.